The molecule has 1 N–H and O–H groups in total. The average Bonchev–Trinajstić information content (AvgIpc) is 2.71. The Morgan fingerprint density at radius 1 is 0.778 bits per heavy atom. The molecule has 140 valence electrons. The average molecular weight is 365 g/mol. The maximum Gasteiger partial charge on any atom is 0.224 e. The fourth-order valence-electron chi connectivity index (χ4n) is 2.95. The number of methoxy groups -OCH3 is 3. The van der Waals surface area contributed by atoms with Crippen LogP contribution in [0, 0.1) is 0 Å². The summed E-state index contributed by atoms with van der Waals surface area (Å²) in [6, 6.07) is 17.6. The number of benzene rings is 3. The lowest BCUT2D eigenvalue weighted by Crippen LogP contribution is -2.24. The number of carbonyl (C=O) groups excluding carboxylic acids is 1. The Labute approximate surface area is 158 Å². The molecule has 27 heavy (non-hydrogen) atoms. The standard InChI is InChI=1S/C22H23NO4/c1-25-19-8-7-17-10-16(4-6-18(17)13-19)14-23-22(24)12-15-5-9-20(26-2)21(11-15)27-3/h4-11,13H,12,14H2,1-3H3,(H,23,24). The lowest BCUT2D eigenvalue weighted by molar-refractivity contribution is -0.120. The van der Waals surface area contributed by atoms with Gasteiger partial charge in [-0.3, -0.25) is 4.79 Å². The predicted octanol–water partition coefficient (Wildman–Crippen LogP) is 3.72. The molecule has 0 heterocycles. The van der Waals surface area contributed by atoms with Crippen molar-refractivity contribution < 1.29 is 19.0 Å². The molecule has 0 aliphatic heterocycles. The summed E-state index contributed by atoms with van der Waals surface area (Å²) in [6.45, 7) is 0.480. The molecule has 3 aromatic carbocycles. The van der Waals surface area contributed by atoms with Gasteiger partial charge in [0.2, 0.25) is 5.91 Å². The number of rotatable bonds is 7. The van der Waals surface area contributed by atoms with Crippen LogP contribution in [0.25, 0.3) is 10.8 Å². The number of hydrogen-bond acceptors (Lipinski definition) is 4. The van der Waals surface area contributed by atoms with Crippen LogP contribution in [-0.4, -0.2) is 27.2 Å². The van der Waals surface area contributed by atoms with Gasteiger partial charge < -0.3 is 19.5 Å². The molecule has 0 atom stereocenters. The van der Waals surface area contributed by atoms with Crippen molar-refractivity contribution in [3.05, 3.63) is 65.7 Å². The third kappa shape index (κ3) is 4.50. The maximum atomic E-state index is 12.3. The van der Waals surface area contributed by atoms with E-state index >= 15 is 0 Å². The number of ether oxygens (including phenoxy) is 3. The molecule has 0 aliphatic carbocycles. The Morgan fingerprint density at radius 3 is 2.22 bits per heavy atom. The Morgan fingerprint density at radius 2 is 1.48 bits per heavy atom. The molecule has 0 saturated heterocycles. The van der Waals surface area contributed by atoms with Crippen LogP contribution < -0.4 is 19.5 Å². The Hall–Kier alpha value is -3.21. The molecule has 5 nitrogen and oxygen atoms in total. The molecular weight excluding hydrogens is 342 g/mol. The van der Waals surface area contributed by atoms with Gasteiger partial charge in [0.25, 0.3) is 0 Å². The summed E-state index contributed by atoms with van der Waals surface area (Å²) in [4.78, 5) is 12.3. The zero-order valence-electron chi connectivity index (χ0n) is 15.7. The maximum absolute atomic E-state index is 12.3. The van der Waals surface area contributed by atoms with Gasteiger partial charge in [-0.1, -0.05) is 24.3 Å². The van der Waals surface area contributed by atoms with Gasteiger partial charge in [-0.2, -0.15) is 0 Å². The van der Waals surface area contributed by atoms with Crippen LogP contribution in [0.4, 0.5) is 0 Å². The van der Waals surface area contributed by atoms with Gasteiger partial charge in [-0.15, -0.1) is 0 Å². The summed E-state index contributed by atoms with van der Waals surface area (Å²) in [6.07, 6.45) is 0.283. The van der Waals surface area contributed by atoms with E-state index in [0.717, 1.165) is 27.6 Å². The fraction of sp³-hybridized carbons (Fsp3) is 0.227. The third-order valence-electron chi connectivity index (χ3n) is 4.41. The molecule has 0 fully saturated rings. The first-order valence-electron chi connectivity index (χ1n) is 8.67. The quantitative estimate of drug-likeness (QED) is 0.693. The molecule has 3 rings (SSSR count). The molecule has 0 spiro atoms. The molecule has 1 amide bonds. The van der Waals surface area contributed by atoms with Gasteiger partial charge in [0.1, 0.15) is 5.75 Å². The van der Waals surface area contributed by atoms with Gasteiger partial charge in [0.05, 0.1) is 27.8 Å². The van der Waals surface area contributed by atoms with Crippen LogP contribution >= 0.6 is 0 Å². The first-order chi connectivity index (χ1) is 13.1. The summed E-state index contributed by atoms with van der Waals surface area (Å²) in [5.74, 6) is 2.05. The highest BCUT2D eigenvalue weighted by Gasteiger charge is 2.08. The van der Waals surface area contributed by atoms with E-state index in [0.29, 0.717) is 18.0 Å². The van der Waals surface area contributed by atoms with E-state index in [-0.39, 0.29) is 12.3 Å². The van der Waals surface area contributed by atoms with Crippen LogP contribution in [0.2, 0.25) is 0 Å². The Kier molecular flexibility index (Phi) is 5.81. The van der Waals surface area contributed by atoms with Crippen molar-refractivity contribution in [1.29, 1.82) is 0 Å². The highest BCUT2D eigenvalue weighted by atomic mass is 16.5. The number of amides is 1. The zero-order chi connectivity index (χ0) is 19.2. The van der Waals surface area contributed by atoms with E-state index in [1.807, 2.05) is 42.5 Å². The van der Waals surface area contributed by atoms with Gasteiger partial charge >= 0.3 is 0 Å². The summed E-state index contributed by atoms with van der Waals surface area (Å²) in [5, 5.41) is 5.18. The first-order valence-corrected chi connectivity index (χ1v) is 8.67. The van der Waals surface area contributed by atoms with Gasteiger partial charge in [0, 0.05) is 6.54 Å². The summed E-state index contributed by atoms with van der Waals surface area (Å²) in [7, 11) is 4.82. The lowest BCUT2D eigenvalue weighted by atomic mass is 10.1. The molecule has 0 aliphatic rings. The first kappa shape index (κ1) is 18.6. The summed E-state index contributed by atoms with van der Waals surface area (Å²) in [5.41, 5.74) is 1.92. The van der Waals surface area contributed by atoms with E-state index in [1.165, 1.54) is 0 Å². The Balaban J connectivity index is 1.62. The van der Waals surface area contributed by atoms with E-state index in [9.17, 15) is 4.79 Å². The van der Waals surface area contributed by atoms with Crippen molar-refractivity contribution in [1.82, 2.24) is 5.32 Å². The molecular formula is C22H23NO4. The molecule has 0 bridgehead atoms. The van der Waals surface area contributed by atoms with Crippen LogP contribution in [0.15, 0.2) is 54.6 Å². The number of hydrogen-bond donors (Lipinski definition) is 1. The topological polar surface area (TPSA) is 56.8 Å². The number of fused-ring (bicyclic) bond motifs is 1. The SMILES string of the molecule is COc1ccc2cc(CNC(=O)Cc3ccc(OC)c(OC)c3)ccc2c1. The third-order valence-corrected chi connectivity index (χ3v) is 4.41. The van der Waals surface area contributed by atoms with Crippen LogP contribution in [-0.2, 0) is 17.8 Å². The van der Waals surface area contributed by atoms with Crippen molar-refractivity contribution >= 4 is 16.7 Å². The van der Waals surface area contributed by atoms with E-state index < -0.39 is 0 Å². The second-order valence-electron chi connectivity index (χ2n) is 6.19. The van der Waals surface area contributed by atoms with Crippen LogP contribution in [0.5, 0.6) is 17.2 Å². The minimum Gasteiger partial charge on any atom is -0.497 e. The normalized spacial score (nSPS) is 10.5. The van der Waals surface area contributed by atoms with Gasteiger partial charge in [-0.05, 0) is 52.2 Å². The molecule has 0 aromatic heterocycles. The highest BCUT2D eigenvalue weighted by molar-refractivity contribution is 5.85. The van der Waals surface area contributed by atoms with Gasteiger partial charge in [0.15, 0.2) is 11.5 Å². The highest BCUT2D eigenvalue weighted by Crippen LogP contribution is 2.27. The zero-order valence-corrected chi connectivity index (χ0v) is 15.7. The largest absolute Gasteiger partial charge is 0.497 e. The number of nitrogens with one attached hydrogen (secondary N) is 1. The summed E-state index contributed by atoms with van der Waals surface area (Å²) >= 11 is 0. The van der Waals surface area contributed by atoms with Gasteiger partial charge in [-0.25, -0.2) is 0 Å². The molecule has 0 unspecified atom stereocenters. The summed E-state index contributed by atoms with van der Waals surface area (Å²) < 4.78 is 15.7. The Bertz CT molecular complexity index is 952. The second-order valence-corrected chi connectivity index (χ2v) is 6.19. The second kappa shape index (κ2) is 8.45. The van der Waals surface area contributed by atoms with Crippen molar-refractivity contribution in [2.24, 2.45) is 0 Å². The minimum absolute atomic E-state index is 0.0444. The smallest absolute Gasteiger partial charge is 0.224 e. The van der Waals surface area contributed by atoms with E-state index in [2.05, 4.69) is 11.4 Å². The molecule has 0 radical (unpaired) electrons. The van der Waals surface area contributed by atoms with Crippen molar-refractivity contribution in [2.75, 3.05) is 21.3 Å². The predicted molar refractivity (Wildman–Crippen MR) is 106 cm³/mol. The fourth-order valence-corrected chi connectivity index (χ4v) is 2.95. The number of carbonyl (C=O) groups is 1. The minimum atomic E-state index is -0.0444. The van der Waals surface area contributed by atoms with Crippen LogP contribution in [0.3, 0.4) is 0 Å². The van der Waals surface area contributed by atoms with Crippen molar-refractivity contribution in [3.63, 3.8) is 0 Å². The van der Waals surface area contributed by atoms with Crippen LogP contribution in [0.1, 0.15) is 11.1 Å². The lowest BCUT2D eigenvalue weighted by Gasteiger charge is -2.10. The van der Waals surface area contributed by atoms with E-state index in [1.54, 1.807) is 27.4 Å². The van der Waals surface area contributed by atoms with Crippen molar-refractivity contribution in [3.8, 4) is 17.2 Å². The van der Waals surface area contributed by atoms with Crippen molar-refractivity contribution in [2.45, 2.75) is 13.0 Å². The molecule has 5 heteroatoms. The van der Waals surface area contributed by atoms with E-state index in [4.69, 9.17) is 14.2 Å². The molecule has 3 aromatic rings. The molecule has 0 saturated carbocycles. The monoisotopic (exact) mass is 365 g/mol.